The summed E-state index contributed by atoms with van der Waals surface area (Å²) in [5, 5.41) is 0. The predicted molar refractivity (Wildman–Crippen MR) is 37.8 cm³/mol. The Kier molecular flexibility index (Phi) is 3.09. The maximum atomic E-state index is 11.8. The molecule has 1 atom stereocenters. The highest BCUT2D eigenvalue weighted by Crippen LogP contribution is 2.09. The first-order chi connectivity index (χ1) is 4.84. The van der Waals surface area contributed by atoms with Gasteiger partial charge in [0.05, 0.1) is 6.61 Å². The molecule has 1 heterocycles. The van der Waals surface area contributed by atoms with E-state index < -0.39 is 0 Å². The van der Waals surface area contributed by atoms with Crippen LogP contribution in [0.15, 0.2) is 0 Å². The summed E-state index contributed by atoms with van der Waals surface area (Å²) in [4.78, 5) is 2.02. The van der Waals surface area contributed by atoms with Crippen LogP contribution in [0.1, 0.15) is 6.42 Å². The van der Waals surface area contributed by atoms with Gasteiger partial charge in [0, 0.05) is 19.2 Å². The Morgan fingerprint density at radius 2 is 2.50 bits per heavy atom. The fourth-order valence-electron chi connectivity index (χ4n) is 1.19. The van der Waals surface area contributed by atoms with E-state index in [-0.39, 0.29) is 6.67 Å². The average Bonchev–Trinajstić information content (AvgIpc) is 2.38. The second kappa shape index (κ2) is 3.88. The molecular weight excluding hydrogens is 133 g/mol. The summed E-state index contributed by atoms with van der Waals surface area (Å²) in [6.07, 6.45) is 1.05. The van der Waals surface area contributed by atoms with Gasteiger partial charge in [0.1, 0.15) is 6.67 Å². The van der Waals surface area contributed by atoms with E-state index >= 15 is 0 Å². The van der Waals surface area contributed by atoms with Crippen LogP contribution < -0.4 is 0 Å². The molecule has 10 heavy (non-hydrogen) atoms. The van der Waals surface area contributed by atoms with Crippen molar-refractivity contribution in [3.8, 4) is 0 Å². The molecule has 0 aromatic heterocycles. The lowest BCUT2D eigenvalue weighted by Gasteiger charge is -2.20. The SMILES string of the molecule is CN(CCF)C1CCOC1. The lowest BCUT2D eigenvalue weighted by atomic mass is 10.2. The van der Waals surface area contributed by atoms with Crippen LogP contribution in [-0.2, 0) is 4.74 Å². The molecule has 0 spiro atoms. The smallest absolute Gasteiger partial charge is 0.102 e. The lowest BCUT2D eigenvalue weighted by molar-refractivity contribution is 0.155. The molecule has 60 valence electrons. The summed E-state index contributed by atoms with van der Waals surface area (Å²) in [5.74, 6) is 0. The summed E-state index contributed by atoms with van der Waals surface area (Å²) in [7, 11) is 1.94. The van der Waals surface area contributed by atoms with Gasteiger partial charge in [0.2, 0.25) is 0 Å². The van der Waals surface area contributed by atoms with Crippen LogP contribution in [0.5, 0.6) is 0 Å². The van der Waals surface area contributed by atoms with Gasteiger partial charge in [-0.15, -0.1) is 0 Å². The fourth-order valence-corrected chi connectivity index (χ4v) is 1.19. The Morgan fingerprint density at radius 3 is 3.00 bits per heavy atom. The summed E-state index contributed by atoms with van der Waals surface area (Å²) in [6, 6.07) is 0.454. The van der Waals surface area contributed by atoms with E-state index in [1.54, 1.807) is 0 Å². The van der Waals surface area contributed by atoms with E-state index in [1.165, 1.54) is 0 Å². The maximum absolute atomic E-state index is 11.8. The van der Waals surface area contributed by atoms with Crippen LogP contribution in [-0.4, -0.2) is 44.4 Å². The molecule has 0 aromatic carbocycles. The van der Waals surface area contributed by atoms with Crippen LogP contribution in [0.4, 0.5) is 4.39 Å². The lowest BCUT2D eigenvalue weighted by Crippen LogP contribution is -2.33. The average molecular weight is 147 g/mol. The highest BCUT2D eigenvalue weighted by atomic mass is 19.1. The molecule has 1 aliphatic rings. The zero-order valence-corrected chi connectivity index (χ0v) is 6.35. The minimum atomic E-state index is -0.257. The number of alkyl halides is 1. The molecule has 1 unspecified atom stereocenters. The van der Waals surface area contributed by atoms with Gasteiger partial charge in [-0.05, 0) is 13.5 Å². The third kappa shape index (κ3) is 1.92. The molecule has 1 rings (SSSR count). The number of nitrogens with zero attached hydrogens (tertiary/aromatic N) is 1. The molecule has 0 saturated carbocycles. The second-order valence-corrected chi connectivity index (χ2v) is 2.69. The molecule has 0 bridgehead atoms. The van der Waals surface area contributed by atoms with Crippen molar-refractivity contribution >= 4 is 0 Å². The van der Waals surface area contributed by atoms with Gasteiger partial charge in [-0.2, -0.15) is 0 Å². The molecule has 1 saturated heterocycles. The quantitative estimate of drug-likeness (QED) is 0.582. The summed E-state index contributed by atoms with van der Waals surface area (Å²) < 4.78 is 17.0. The number of hydrogen-bond acceptors (Lipinski definition) is 2. The van der Waals surface area contributed by atoms with Crippen molar-refractivity contribution in [3.63, 3.8) is 0 Å². The van der Waals surface area contributed by atoms with E-state index in [2.05, 4.69) is 0 Å². The second-order valence-electron chi connectivity index (χ2n) is 2.69. The minimum absolute atomic E-state index is 0.257. The molecule has 0 aromatic rings. The van der Waals surface area contributed by atoms with Crippen molar-refractivity contribution in [2.24, 2.45) is 0 Å². The maximum Gasteiger partial charge on any atom is 0.102 e. The Bertz CT molecular complexity index is 93.6. The Balaban J connectivity index is 2.18. The minimum Gasteiger partial charge on any atom is -0.380 e. The largest absolute Gasteiger partial charge is 0.380 e. The first-order valence-electron chi connectivity index (χ1n) is 3.68. The number of halogens is 1. The summed E-state index contributed by atoms with van der Waals surface area (Å²) in [5.41, 5.74) is 0. The highest BCUT2D eigenvalue weighted by Gasteiger charge is 2.19. The highest BCUT2D eigenvalue weighted by molar-refractivity contribution is 4.72. The van der Waals surface area contributed by atoms with E-state index in [0.29, 0.717) is 12.6 Å². The van der Waals surface area contributed by atoms with Gasteiger partial charge in [0.15, 0.2) is 0 Å². The molecule has 1 fully saturated rings. The van der Waals surface area contributed by atoms with Crippen LogP contribution in [0.2, 0.25) is 0 Å². The fraction of sp³-hybridized carbons (Fsp3) is 1.00. The topological polar surface area (TPSA) is 12.5 Å². The van der Waals surface area contributed by atoms with Crippen molar-refractivity contribution < 1.29 is 9.13 Å². The molecule has 3 heteroatoms. The van der Waals surface area contributed by atoms with Crippen LogP contribution in [0.3, 0.4) is 0 Å². The molecule has 2 nitrogen and oxygen atoms in total. The van der Waals surface area contributed by atoms with Crippen molar-refractivity contribution in [1.82, 2.24) is 4.90 Å². The molecular formula is C7H14FNO. The predicted octanol–water partition coefficient (Wildman–Crippen LogP) is 0.677. The Labute approximate surface area is 61.0 Å². The Hall–Kier alpha value is -0.150. The van der Waals surface area contributed by atoms with Crippen LogP contribution in [0.25, 0.3) is 0 Å². The van der Waals surface area contributed by atoms with Crippen LogP contribution >= 0.6 is 0 Å². The number of likely N-dealkylation sites (N-methyl/N-ethyl adjacent to an activating group) is 1. The van der Waals surface area contributed by atoms with Gasteiger partial charge in [0.25, 0.3) is 0 Å². The monoisotopic (exact) mass is 147 g/mol. The zero-order chi connectivity index (χ0) is 7.40. The van der Waals surface area contributed by atoms with E-state index in [9.17, 15) is 4.39 Å². The summed E-state index contributed by atoms with van der Waals surface area (Å²) in [6.45, 7) is 1.89. The van der Waals surface area contributed by atoms with Gasteiger partial charge >= 0.3 is 0 Å². The standard InChI is InChI=1S/C7H14FNO/c1-9(4-3-8)7-2-5-10-6-7/h7H,2-6H2,1H3. The van der Waals surface area contributed by atoms with E-state index in [0.717, 1.165) is 19.6 Å². The van der Waals surface area contributed by atoms with Gasteiger partial charge < -0.3 is 4.74 Å². The van der Waals surface area contributed by atoms with E-state index in [4.69, 9.17) is 4.74 Å². The van der Waals surface area contributed by atoms with Crippen LogP contribution in [0, 0.1) is 0 Å². The van der Waals surface area contributed by atoms with Crippen molar-refractivity contribution in [2.45, 2.75) is 12.5 Å². The normalized spacial score (nSPS) is 26.1. The van der Waals surface area contributed by atoms with Crippen molar-refractivity contribution in [2.75, 3.05) is 33.5 Å². The van der Waals surface area contributed by atoms with Crippen molar-refractivity contribution in [1.29, 1.82) is 0 Å². The van der Waals surface area contributed by atoms with E-state index in [1.807, 2.05) is 11.9 Å². The molecule has 0 aliphatic carbocycles. The summed E-state index contributed by atoms with van der Waals surface area (Å²) >= 11 is 0. The zero-order valence-electron chi connectivity index (χ0n) is 6.35. The molecule has 0 radical (unpaired) electrons. The molecule has 1 aliphatic heterocycles. The first-order valence-corrected chi connectivity index (χ1v) is 3.68. The van der Waals surface area contributed by atoms with Crippen molar-refractivity contribution in [3.05, 3.63) is 0 Å². The third-order valence-corrected chi connectivity index (χ3v) is 1.97. The number of rotatable bonds is 3. The Morgan fingerprint density at radius 1 is 1.70 bits per heavy atom. The number of ether oxygens (including phenoxy) is 1. The van der Waals surface area contributed by atoms with Gasteiger partial charge in [-0.1, -0.05) is 0 Å². The third-order valence-electron chi connectivity index (χ3n) is 1.97. The molecule has 0 N–H and O–H groups in total. The van der Waals surface area contributed by atoms with Gasteiger partial charge in [-0.3, -0.25) is 4.90 Å². The molecule has 0 amide bonds. The van der Waals surface area contributed by atoms with Gasteiger partial charge in [-0.25, -0.2) is 4.39 Å². The number of hydrogen-bond donors (Lipinski definition) is 0. The first kappa shape index (κ1) is 7.95.